The SMILES string of the molecule is CC(C)CCCCCCCCC[C@@H]1CC(=O)N[C@@H](CCC(=O)O)C(=O)N[C@@H](CC(C)C)C(=O)N[C@H](CC(C)C)C(=O)N[C@@H](CC(C)C)C(=O)O1. The van der Waals surface area contributed by atoms with Gasteiger partial charge in [-0.1, -0.05) is 100 Å². The summed E-state index contributed by atoms with van der Waals surface area (Å²) < 4.78 is 5.93. The maximum Gasteiger partial charge on any atom is 0.328 e. The molecule has 0 spiro atoms. The van der Waals surface area contributed by atoms with Crippen molar-refractivity contribution in [3.8, 4) is 0 Å². The van der Waals surface area contributed by atoms with E-state index in [1.165, 1.54) is 25.7 Å². The first kappa shape index (κ1) is 44.8. The molecule has 50 heavy (non-hydrogen) atoms. The fraction of sp³-hybridized carbons (Fsp3) is 0.842. The summed E-state index contributed by atoms with van der Waals surface area (Å²) in [5.41, 5.74) is 0. The Bertz CT molecular complexity index is 1080. The molecule has 1 aliphatic rings. The zero-order valence-electron chi connectivity index (χ0n) is 32.1. The van der Waals surface area contributed by atoms with Crippen molar-refractivity contribution in [1.82, 2.24) is 21.3 Å². The van der Waals surface area contributed by atoms with Gasteiger partial charge in [0.1, 0.15) is 30.3 Å². The summed E-state index contributed by atoms with van der Waals surface area (Å²) in [6.45, 7) is 15.9. The first-order valence-electron chi connectivity index (χ1n) is 19.1. The Kier molecular flexibility index (Phi) is 21.6. The van der Waals surface area contributed by atoms with Gasteiger partial charge < -0.3 is 31.1 Å². The maximum absolute atomic E-state index is 13.7. The van der Waals surface area contributed by atoms with Crippen LogP contribution in [0.5, 0.6) is 0 Å². The topological polar surface area (TPSA) is 180 Å². The van der Waals surface area contributed by atoms with Crippen molar-refractivity contribution in [3.05, 3.63) is 0 Å². The van der Waals surface area contributed by atoms with Gasteiger partial charge >= 0.3 is 11.9 Å². The van der Waals surface area contributed by atoms with E-state index < -0.39 is 65.8 Å². The zero-order chi connectivity index (χ0) is 37.8. The lowest BCUT2D eigenvalue weighted by Crippen LogP contribution is -2.58. The van der Waals surface area contributed by atoms with Gasteiger partial charge in [0.2, 0.25) is 23.6 Å². The van der Waals surface area contributed by atoms with Crippen molar-refractivity contribution >= 4 is 35.6 Å². The van der Waals surface area contributed by atoms with Crippen molar-refractivity contribution in [3.63, 3.8) is 0 Å². The molecular formula is C38H68N4O8. The number of carboxylic acid groups (broad SMARTS) is 1. The molecule has 0 aromatic rings. The highest BCUT2D eigenvalue weighted by Gasteiger charge is 2.34. The third kappa shape index (κ3) is 19.9. The summed E-state index contributed by atoms with van der Waals surface area (Å²) >= 11 is 0. The molecule has 288 valence electrons. The normalized spacial score (nSPS) is 23.1. The first-order valence-corrected chi connectivity index (χ1v) is 19.1. The first-order chi connectivity index (χ1) is 23.5. The number of nitrogens with one attached hydrogen (secondary N) is 4. The number of ether oxygens (including phenoxy) is 1. The van der Waals surface area contributed by atoms with Crippen LogP contribution in [0, 0.1) is 23.7 Å². The van der Waals surface area contributed by atoms with Gasteiger partial charge in [0.15, 0.2) is 0 Å². The van der Waals surface area contributed by atoms with Gasteiger partial charge in [0.05, 0.1) is 6.42 Å². The van der Waals surface area contributed by atoms with Gasteiger partial charge in [-0.3, -0.25) is 24.0 Å². The number of hydrogen-bond donors (Lipinski definition) is 5. The van der Waals surface area contributed by atoms with E-state index in [-0.39, 0.29) is 43.4 Å². The van der Waals surface area contributed by atoms with Crippen molar-refractivity contribution in [2.75, 3.05) is 0 Å². The number of carbonyl (C=O) groups is 6. The number of cyclic esters (lactones) is 1. The van der Waals surface area contributed by atoms with Gasteiger partial charge in [-0.15, -0.1) is 0 Å². The highest BCUT2D eigenvalue weighted by Crippen LogP contribution is 2.18. The van der Waals surface area contributed by atoms with Crippen LogP contribution in [0.3, 0.4) is 0 Å². The van der Waals surface area contributed by atoms with E-state index in [4.69, 9.17) is 4.74 Å². The molecule has 1 aliphatic heterocycles. The largest absolute Gasteiger partial charge is 0.481 e. The fourth-order valence-corrected chi connectivity index (χ4v) is 6.16. The number of carbonyl (C=O) groups excluding carboxylic acids is 5. The number of hydrogen-bond acceptors (Lipinski definition) is 7. The third-order valence-electron chi connectivity index (χ3n) is 8.79. The molecule has 12 heteroatoms. The molecule has 0 aromatic heterocycles. The molecule has 0 aromatic carbocycles. The van der Waals surface area contributed by atoms with Gasteiger partial charge in [-0.25, -0.2) is 4.79 Å². The highest BCUT2D eigenvalue weighted by molar-refractivity contribution is 5.95. The molecule has 5 N–H and O–H groups in total. The average Bonchev–Trinajstić information content (AvgIpc) is 2.99. The molecule has 0 radical (unpaired) electrons. The van der Waals surface area contributed by atoms with E-state index >= 15 is 0 Å². The lowest BCUT2D eigenvalue weighted by molar-refractivity contribution is -0.155. The number of amides is 4. The van der Waals surface area contributed by atoms with Gasteiger partial charge in [0.25, 0.3) is 0 Å². The van der Waals surface area contributed by atoms with Crippen LogP contribution in [0.25, 0.3) is 0 Å². The van der Waals surface area contributed by atoms with Crippen LogP contribution >= 0.6 is 0 Å². The van der Waals surface area contributed by atoms with E-state index in [2.05, 4.69) is 35.1 Å². The van der Waals surface area contributed by atoms with Crippen LogP contribution in [-0.4, -0.2) is 70.9 Å². The summed E-state index contributed by atoms with van der Waals surface area (Å²) in [7, 11) is 0. The van der Waals surface area contributed by atoms with Gasteiger partial charge in [-0.2, -0.15) is 0 Å². The van der Waals surface area contributed by atoms with Crippen LogP contribution in [0.15, 0.2) is 0 Å². The Balaban J connectivity index is 3.35. The monoisotopic (exact) mass is 709 g/mol. The summed E-state index contributed by atoms with van der Waals surface area (Å²) in [5.74, 6) is -3.44. The van der Waals surface area contributed by atoms with Crippen LogP contribution in [0.4, 0.5) is 0 Å². The third-order valence-corrected chi connectivity index (χ3v) is 8.79. The molecule has 4 amide bonds. The average molecular weight is 709 g/mol. The van der Waals surface area contributed by atoms with Crippen LogP contribution in [-0.2, 0) is 33.5 Å². The minimum atomic E-state index is -1.23. The highest BCUT2D eigenvalue weighted by atomic mass is 16.5. The predicted molar refractivity (Wildman–Crippen MR) is 194 cm³/mol. The number of unbranched alkanes of at least 4 members (excludes halogenated alkanes) is 6. The Morgan fingerprint density at radius 1 is 0.600 bits per heavy atom. The Labute approximate surface area is 300 Å². The van der Waals surface area contributed by atoms with Crippen LogP contribution in [0.1, 0.15) is 152 Å². The summed E-state index contributed by atoms with van der Waals surface area (Å²) in [6, 6.07) is -4.24. The molecule has 12 nitrogen and oxygen atoms in total. The number of aliphatic carboxylic acids is 1. The Morgan fingerprint density at radius 3 is 1.52 bits per heavy atom. The second kappa shape index (κ2) is 24.1. The van der Waals surface area contributed by atoms with Crippen LogP contribution < -0.4 is 21.3 Å². The molecule has 0 unspecified atom stereocenters. The molecule has 5 atom stereocenters. The Morgan fingerprint density at radius 2 is 1.04 bits per heavy atom. The predicted octanol–water partition coefficient (Wildman–Crippen LogP) is 5.41. The molecule has 1 fully saturated rings. The van der Waals surface area contributed by atoms with Crippen LogP contribution in [0.2, 0.25) is 0 Å². The lowest BCUT2D eigenvalue weighted by atomic mass is 9.98. The van der Waals surface area contributed by atoms with Gasteiger partial charge in [-0.05, 0) is 62.2 Å². The maximum atomic E-state index is 13.7. The fourth-order valence-electron chi connectivity index (χ4n) is 6.16. The standard InChI is InChI=1S/C38H68N4O8/c1-24(2)16-14-12-10-9-11-13-15-17-28-23-33(43)39-29(18-19-34(44)45)35(46)40-30(20-25(3)4)36(47)41-31(21-26(5)6)37(48)42-32(22-27(7)8)38(49)50-28/h24-32H,9-23H2,1-8H3,(H,39,43)(H,40,46)(H,41,47)(H,42,48)(H,44,45)/t28-,29+,30+,31-,32+/m1/s1. The van der Waals surface area contributed by atoms with Gasteiger partial charge in [0, 0.05) is 6.42 Å². The smallest absolute Gasteiger partial charge is 0.328 e. The molecule has 0 bridgehead atoms. The summed E-state index contributed by atoms with van der Waals surface area (Å²) in [5, 5.41) is 20.3. The molecule has 1 heterocycles. The summed E-state index contributed by atoms with van der Waals surface area (Å²) in [4.78, 5) is 79.3. The molecule has 0 aliphatic carbocycles. The second-order valence-corrected chi connectivity index (χ2v) is 15.8. The van der Waals surface area contributed by atoms with E-state index in [0.29, 0.717) is 25.2 Å². The number of rotatable bonds is 19. The Hall–Kier alpha value is -3.18. The molecular weight excluding hydrogens is 640 g/mol. The van der Waals surface area contributed by atoms with Crippen molar-refractivity contribution in [1.29, 1.82) is 0 Å². The van der Waals surface area contributed by atoms with E-state index in [1.807, 2.05) is 41.5 Å². The van der Waals surface area contributed by atoms with Crippen molar-refractivity contribution in [2.45, 2.75) is 182 Å². The van der Waals surface area contributed by atoms with Crippen molar-refractivity contribution < 1.29 is 38.6 Å². The lowest BCUT2D eigenvalue weighted by Gasteiger charge is -2.29. The minimum Gasteiger partial charge on any atom is -0.481 e. The van der Waals surface area contributed by atoms with Crippen molar-refractivity contribution in [2.24, 2.45) is 23.7 Å². The quantitative estimate of drug-likeness (QED) is 0.0873. The van der Waals surface area contributed by atoms with E-state index in [1.54, 1.807) is 0 Å². The van der Waals surface area contributed by atoms with E-state index in [9.17, 15) is 33.9 Å². The summed E-state index contributed by atoms with van der Waals surface area (Å²) in [6.07, 6.45) is 8.24. The zero-order valence-corrected chi connectivity index (χ0v) is 32.1. The van der Waals surface area contributed by atoms with E-state index in [0.717, 1.165) is 25.7 Å². The molecule has 1 saturated heterocycles. The molecule has 0 saturated carbocycles. The number of carboxylic acids is 1. The minimum absolute atomic E-state index is 0.0168. The second-order valence-electron chi connectivity index (χ2n) is 15.8. The molecule has 1 rings (SSSR count). The number of esters is 1.